The summed E-state index contributed by atoms with van der Waals surface area (Å²) in [5, 5.41) is 14.4. The third-order valence-electron chi connectivity index (χ3n) is 7.07. The first-order chi connectivity index (χ1) is 18.8. The van der Waals surface area contributed by atoms with Crippen LogP contribution in [0, 0.1) is 25.7 Å². The van der Waals surface area contributed by atoms with Crippen LogP contribution in [0.2, 0.25) is 0 Å². The smallest absolute Gasteiger partial charge is 0.354 e. The van der Waals surface area contributed by atoms with Crippen molar-refractivity contribution >= 4 is 22.6 Å². The Morgan fingerprint density at radius 2 is 1.67 bits per heavy atom. The highest BCUT2D eigenvalue weighted by atomic mass is 16.6. The van der Waals surface area contributed by atoms with Crippen LogP contribution in [0.1, 0.15) is 35.5 Å². The zero-order valence-corrected chi connectivity index (χ0v) is 22.5. The average molecular weight is 525 g/mol. The first kappa shape index (κ1) is 26.2. The number of pyridine rings is 1. The lowest BCUT2D eigenvalue weighted by Gasteiger charge is -2.22. The molecule has 1 aliphatic heterocycles. The van der Waals surface area contributed by atoms with Crippen LogP contribution in [0.3, 0.4) is 0 Å². The lowest BCUT2D eigenvalue weighted by atomic mass is 9.91. The number of oxime groups is 1. The number of fused-ring (bicyclic) bond motifs is 1. The molecule has 2 heterocycles. The Morgan fingerprint density at radius 1 is 0.949 bits per heavy atom. The summed E-state index contributed by atoms with van der Waals surface area (Å²) in [6.45, 7) is 9.12. The van der Waals surface area contributed by atoms with E-state index in [9.17, 15) is 9.90 Å². The highest BCUT2D eigenvalue weighted by Gasteiger charge is 2.37. The van der Waals surface area contributed by atoms with Gasteiger partial charge in [0, 0.05) is 5.39 Å². The number of rotatable bonds is 9. The number of hydrogen-bond donors (Lipinski definition) is 1. The molecule has 0 amide bonds. The number of carboxylic acid groups (broad SMARTS) is 1. The summed E-state index contributed by atoms with van der Waals surface area (Å²) in [5.74, 6) is 0.869. The standard InChI is InChI=1S/C32H32N2O5/c1-19(2)30-26(29(34-39-30)18-38-31-20(3)6-5-7-21(31)4)17-37-25-12-8-22(9-13-25)23-10-14-27-24(16-23)11-15-28(33-27)32(35)36/h5-16,19,26,30H,17-18H2,1-4H3,(H,35,36). The molecule has 0 saturated carbocycles. The molecule has 0 bridgehead atoms. The maximum Gasteiger partial charge on any atom is 0.354 e. The molecule has 0 radical (unpaired) electrons. The van der Waals surface area contributed by atoms with Crippen molar-refractivity contribution in [2.24, 2.45) is 17.0 Å². The third-order valence-corrected chi connectivity index (χ3v) is 7.07. The number of benzene rings is 3. The summed E-state index contributed by atoms with van der Waals surface area (Å²) in [7, 11) is 0. The minimum atomic E-state index is -1.03. The van der Waals surface area contributed by atoms with Crippen LogP contribution in [0.5, 0.6) is 11.5 Å². The van der Waals surface area contributed by atoms with Crippen LogP contribution >= 0.6 is 0 Å². The Kier molecular flexibility index (Phi) is 7.50. The molecular formula is C32H32N2O5. The van der Waals surface area contributed by atoms with E-state index in [1.54, 1.807) is 6.07 Å². The number of nitrogens with zero attached hydrogens (tertiary/aromatic N) is 2. The van der Waals surface area contributed by atoms with Gasteiger partial charge in [0.15, 0.2) is 0 Å². The van der Waals surface area contributed by atoms with Gasteiger partial charge in [0.1, 0.15) is 42.2 Å². The SMILES string of the molecule is Cc1cccc(C)c1OCC1=NOC(C(C)C)C1COc1ccc(-c2ccc3nc(C(=O)O)ccc3c2)cc1. The predicted octanol–water partition coefficient (Wildman–Crippen LogP) is 6.70. The molecule has 0 fully saturated rings. The van der Waals surface area contributed by atoms with Gasteiger partial charge in [-0.25, -0.2) is 9.78 Å². The Hall–Kier alpha value is -4.39. The second-order valence-corrected chi connectivity index (χ2v) is 10.3. The molecule has 1 N–H and O–H groups in total. The van der Waals surface area contributed by atoms with Gasteiger partial charge in [0.25, 0.3) is 0 Å². The van der Waals surface area contributed by atoms with Gasteiger partial charge in [-0.05, 0) is 72.4 Å². The summed E-state index contributed by atoms with van der Waals surface area (Å²) in [6.07, 6.45) is -0.0753. The van der Waals surface area contributed by atoms with Crippen LogP contribution < -0.4 is 9.47 Å². The van der Waals surface area contributed by atoms with Gasteiger partial charge in [-0.2, -0.15) is 0 Å². The fourth-order valence-corrected chi connectivity index (χ4v) is 4.90. The van der Waals surface area contributed by atoms with Crippen LogP contribution in [-0.4, -0.2) is 41.1 Å². The zero-order chi connectivity index (χ0) is 27.5. The van der Waals surface area contributed by atoms with E-state index < -0.39 is 5.97 Å². The number of ether oxygens (including phenoxy) is 2. The molecule has 0 aliphatic carbocycles. The largest absolute Gasteiger partial charge is 0.493 e. The molecule has 4 aromatic rings. The quantitative estimate of drug-likeness (QED) is 0.262. The van der Waals surface area contributed by atoms with E-state index in [-0.39, 0.29) is 23.6 Å². The third kappa shape index (κ3) is 5.72. The van der Waals surface area contributed by atoms with Crippen molar-refractivity contribution in [1.82, 2.24) is 4.98 Å². The predicted molar refractivity (Wildman–Crippen MR) is 152 cm³/mol. The number of aryl methyl sites for hydroxylation is 2. The van der Waals surface area contributed by atoms with Crippen LogP contribution in [0.15, 0.2) is 78.0 Å². The zero-order valence-electron chi connectivity index (χ0n) is 22.5. The second-order valence-electron chi connectivity index (χ2n) is 10.3. The number of carboxylic acids is 1. The average Bonchev–Trinajstić information content (AvgIpc) is 3.34. The monoisotopic (exact) mass is 524 g/mol. The van der Waals surface area contributed by atoms with Crippen molar-refractivity contribution in [3.05, 3.63) is 89.6 Å². The normalized spacial score (nSPS) is 16.7. The van der Waals surface area contributed by atoms with Crippen molar-refractivity contribution in [1.29, 1.82) is 0 Å². The molecular weight excluding hydrogens is 492 g/mol. The second kappa shape index (κ2) is 11.2. The molecule has 5 rings (SSSR count). The van der Waals surface area contributed by atoms with Gasteiger partial charge in [-0.1, -0.05) is 61.5 Å². The first-order valence-electron chi connectivity index (χ1n) is 13.1. The van der Waals surface area contributed by atoms with E-state index in [1.165, 1.54) is 6.07 Å². The van der Waals surface area contributed by atoms with E-state index in [2.05, 4.69) is 24.0 Å². The van der Waals surface area contributed by atoms with E-state index in [4.69, 9.17) is 14.3 Å². The Balaban J connectivity index is 1.26. The molecule has 2 unspecified atom stereocenters. The molecule has 39 heavy (non-hydrogen) atoms. The molecule has 7 heteroatoms. The van der Waals surface area contributed by atoms with E-state index in [0.717, 1.165) is 44.9 Å². The fraction of sp³-hybridized carbons (Fsp3) is 0.281. The van der Waals surface area contributed by atoms with Gasteiger partial charge in [0.2, 0.25) is 0 Å². The molecule has 7 nitrogen and oxygen atoms in total. The first-order valence-corrected chi connectivity index (χ1v) is 13.1. The van der Waals surface area contributed by atoms with Gasteiger partial charge in [-0.3, -0.25) is 0 Å². The number of aromatic nitrogens is 1. The number of aromatic carboxylic acids is 1. The number of para-hydroxylation sites is 1. The van der Waals surface area contributed by atoms with E-state index in [1.807, 2.05) is 74.5 Å². The maximum atomic E-state index is 11.2. The van der Waals surface area contributed by atoms with Crippen molar-refractivity contribution in [3.63, 3.8) is 0 Å². The van der Waals surface area contributed by atoms with Gasteiger partial charge >= 0.3 is 5.97 Å². The fourth-order valence-electron chi connectivity index (χ4n) is 4.90. The maximum absolute atomic E-state index is 11.2. The minimum Gasteiger partial charge on any atom is -0.493 e. The lowest BCUT2D eigenvalue weighted by molar-refractivity contribution is 0.0177. The van der Waals surface area contributed by atoms with Crippen LogP contribution in [0.4, 0.5) is 0 Å². The topological polar surface area (TPSA) is 90.2 Å². The molecule has 1 aromatic heterocycles. The van der Waals surface area contributed by atoms with Crippen molar-refractivity contribution < 1.29 is 24.2 Å². The molecule has 3 aromatic carbocycles. The lowest BCUT2D eigenvalue weighted by Crippen LogP contribution is -2.35. The van der Waals surface area contributed by atoms with Gasteiger partial charge in [0.05, 0.1) is 11.4 Å². The Labute approximate surface area is 228 Å². The number of carbonyl (C=O) groups is 1. The van der Waals surface area contributed by atoms with Crippen LogP contribution in [-0.2, 0) is 4.84 Å². The van der Waals surface area contributed by atoms with E-state index >= 15 is 0 Å². The summed E-state index contributed by atoms with van der Waals surface area (Å²) in [4.78, 5) is 21.2. The summed E-state index contributed by atoms with van der Waals surface area (Å²) < 4.78 is 12.4. The van der Waals surface area contributed by atoms with Gasteiger partial charge in [-0.15, -0.1) is 0 Å². The molecule has 200 valence electrons. The van der Waals surface area contributed by atoms with Crippen molar-refractivity contribution in [2.75, 3.05) is 13.2 Å². The summed E-state index contributed by atoms with van der Waals surface area (Å²) in [5.41, 5.74) is 5.77. The molecule has 0 spiro atoms. The molecule has 2 atom stereocenters. The Bertz CT molecular complexity index is 1510. The summed E-state index contributed by atoms with van der Waals surface area (Å²) >= 11 is 0. The van der Waals surface area contributed by atoms with Crippen molar-refractivity contribution in [3.8, 4) is 22.6 Å². The molecule has 0 saturated heterocycles. The Morgan fingerprint density at radius 3 is 2.36 bits per heavy atom. The van der Waals surface area contributed by atoms with E-state index in [0.29, 0.717) is 18.7 Å². The highest BCUT2D eigenvalue weighted by molar-refractivity contribution is 5.91. The minimum absolute atomic E-state index is 0.0160. The molecule has 1 aliphatic rings. The highest BCUT2D eigenvalue weighted by Crippen LogP contribution is 2.30. The van der Waals surface area contributed by atoms with Gasteiger partial charge < -0.3 is 19.4 Å². The summed E-state index contributed by atoms with van der Waals surface area (Å²) in [6, 6.07) is 23.1. The number of hydrogen-bond acceptors (Lipinski definition) is 6. The van der Waals surface area contributed by atoms with Crippen LogP contribution in [0.25, 0.3) is 22.0 Å². The van der Waals surface area contributed by atoms with Crippen molar-refractivity contribution in [2.45, 2.75) is 33.8 Å².